The maximum absolute atomic E-state index is 12.2. The summed E-state index contributed by atoms with van der Waals surface area (Å²) in [6, 6.07) is 0. The maximum Gasteiger partial charge on any atom is 0.331 e. The average molecular weight is 481 g/mol. The summed E-state index contributed by atoms with van der Waals surface area (Å²) < 4.78 is 5.84. The van der Waals surface area contributed by atoms with E-state index in [9.17, 15) is 4.79 Å². The molecular formula is C33H52O2. The SMILES string of the molecule is C/C=C/C=C/C(=O)OC1CCC2(C)C(=CCC3C2CCC2(C)C(C(C)CCCC(C)C)CCC32)C1. The van der Waals surface area contributed by atoms with Crippen LogP contribution in [0.25, 0.3) is 0 Å². The fourth-order valence-electron chi connectivity index (χ4n) is 9.20. The smallest absolute Gasteiger partial charge is 0.331 e. The first-order chi connectivity index (χ1) is 16.7. The molecule has 35 heavy (non-hydrogen) atoms. The van der Waals surface area contributed by atoms with Crippen LogP contribution >= 0.6 is 0 Å². The van der Waals surface area contributed by atoms with Gasteiger partial charge in [-0.25, -0.2) is 4.79 Å². The number of carbonyl (C=O) groups excluding carboxylic acids is 1. The topological polar surface area (TPSA) is 26.3 Å². The highest BCUT2D eigenvalue weighted by Crippen LogP contribution is 2.67. The van der Waals surface area contributed by atoms with Crippen molar-refractivity contribution in [2.24, 2.45) is 46.3 Å². The quantitative estimate of drug-likeness (QED) is 0.150. The summed E-state index contributed by atoms with van der Waals surface area (Å²) in [7, 11) is 0. The van der Waals surface area contributed by atoms with Gasteiger partial charge in [0.05, 0.1) is 0 Å². The molecule has 0 saturated heterocycles. The molecule has 0 aromatic heterocycles. The Kier molecular flexibility index (Phi) is 8.39. The van der Waals surface area contributed by atoms with E-state index in [1.54, 1.807) is 17.7 Å². The van der Waals surface area contributed by atoms with Gasteiger partial charge in [0.1, 0.15) is 6.10 Å². The van der Waals surface area contributed by atoms with E-state index in [4.69, 9.17) is 4.74 Å². The first-order valence-electron chi connectivity index (χ1n) is 14.9. The van der Waals surface area contributed by atoms with Crippen LogP contribution < -0.4 is 0 Å². The van der Waals surface area contributed by atoms with Crippen LogP contribution in [0.1, 0.15) is 112 Å². The normalized spacial score (nSPS) is 39.9. The van der Waals surface area contributed by atoms with Gasteiger partial charge in [-0.05, 0) is 98.2 Å². The number of carbonyl (C=O) groups is 1. The van der Waals surface area contributed by atoms with Gasteiger partial charge in [0.25, 0.3) is 0 Å². The van der Waals surface area contributed by atoms with Gasteiger partial charge < -0.3 is 4.74 Å². The lowest BCUT2D eigenvalue weighted by molar-refractivity contribution is -0.145. The molecule has 196 valence electrons. The predicted octanol–water partition coefficient (Wildman–Crippen LogP) is 9.07. The molecule has 3 fully saturated rings. The maximum atomic E-state index is 12.2. The second kappa shape index (κ2) is 11.0. The third kappa shape index (κ3) is 5.37. The number of hydrogen-bond acceptors (Lipinski definition) is 2. The molecule has 0 amide bonds. The first kappa shape index (κ1) is 26.7. The Labute approximate surface area is 216 Å². The Morgan fingerprint density at radius 3 is 2.60 bits per heavy atom. The molecule has 4 aliphatic rings. The van der Waals surface area contributed by atoms with Crippen LogP contribution in [0, 0.1) is 46.3 Å². The second-order valence-corrected chi connectivity index (χ2v) is 13.5. The van der Waals surface area contributed by atoms with E-state index in [1.165, 1.54) is 57.8 Å². The van der Waals surface area contributed by atoms with Crippen LogP contribution in [-0.4, -0.2) is 12.1 Å². The fraction of sp³-hybridized carbons (Fsp3) is 0.788. The number of rotatable bonds is 8. The Hall–Kier alpha value is -1.31. The minimum Gasteiger partial charge on any atom is -0.459 e. The van der Waals surface area contributed by atoms with E-state index in [1.807, 2.05) is 19.1 Å². The summed E-state index contributed by atoms with van der Waals surface area (Å²) in [5, 5.41) is 0. The predicted molar refractivity (Wildman–Crippen MR) is 147 cm³/mol. The number of allylic oxidation sites excluding steroid dienone is 4. The van der Waals surface area contributed by atoms with Crippen molar-refractivity contribution in [2.75, 3.05) is 0 Å². The third-order valence-corrected chi connectivity index (χ3v) is 11.1. The molecule has 8 unspecified atom stereocenters. The van der Waals surface area contributed by atoms with E-state index in [2.05, 4.69) is 40.7 Å². The molecule has 0 aromatic rings. The van der Waals surface area contributed by atoms with Gasteiger partial charge in [-0.1, -0.05) is 83.8 Å². The van der Waals surface area contributed by atoms with E-state index in [-0.39, 0.29) is 12.1 Å². The Bertz CT molecular complexity index is 834. The van der Waals surface area contributed by atoms with Gasteiger partial charge in [-0.15, -0.1) is 0 Å². The Morgan fingerprint density at radius 1 is 1.06 bits per heavy atom. The lowest BCUT2D eigenvalue weighted by Gasteiger charge is -2.58. The zero-order chi connectivity index (χ0) is 25.2. The van der Waals surface area contributed by atoms with Crippen molar-refractivity contribution in [1.29, 1.82) is 0 Å². The molecule has 0 aliphatic heterocycles. The van der Waals surface area contributed by atoms with E-state index >= 15 is 0 Å². The van der Waals surface area contributed by atoms with Crippen LogP contribution in [0.3, 0.4) is 0 Å². The summed E-state index contributed by atoms with van der Waals surface area (Å²) in [6.45, 7) is 14.5. The van der Waals surface area contributed by atoms with Crippen LogP contribution in [0.5, 0.6) is 0 Å². The summed E-state index contributed by atoms with van der Waals surface area (Å²) in [5.74, 6) is 5.02. The minimum absolute atomic E-state index is 0.0463. The molecular weight excluding hydrogens is 428 g/mol. The summed E-state index contributed by atoms with van der Waals surface area (Å²) in [6.07, 6.45) is 24.1. The second-order valence-electron chi connectivity index (χ2n) is 13.5. The molecule has 2 heteroatoms. The summed E-state index contributed by atoms with van der Waals surface area (Å²) >= 11 is 0. The highest BCUT2D eigenvalue weighted by atomic mass is 16.5. The van der Waals surface area contributed by atoms with Crippen molar-refractivity contribution in [1.82, 2.24) is 0 Å². The monoisotopic (exact) mass is 480 g/mol. The average Bonchev–Trinajstić information content (AvgIpc) is 3.16. The largest absolute Gasteiger partial charge is 0.459 e. The van der Waals surface area contributed by atoms with Crippen LogP contribution in [0.2, 0.25) is 0 Å². The summed E-state index contributed by atoms with van der Waals surface area (Å²) in [5.41, 5.74) is 2.46. The van der Waals surface area contributed by atoms with Gasteiger partial charge >= 0.3 is 5.97 Å². The van der Waals surface area contributed by atoms with Crippen molar-refractivity contribution < 1.29 is 9.53 Å². The molecule has 0 spiro atoms. The first-order valence-corrected chi connectivity index (χ1v) is 14.9. The lowest BCUT2D eigenvalue weighted by atomic mass is 9.47. The molecule has 0 bridgehead atoms. The van der Waals surface area contributed by atoms with Crippen molar-refractivity contribution >= 4 is 5.97 Å². The highest BCUT2D eigenvalue weighted by molar-refractivity contribution is 5.82. The Morgan fingerprint density at radius 2 is 1.86 bits per heavy atom. The van der Waals surface area contributed by atoms with Crippen LogP contribution in [0.15, 0.2) is 36.0 Å². The van der Waals surface area contributed by atoms with Crippen LogP contribution in [-0.2, 0) is 9.53 Å². The molecule has 0 aromatic carbocycles. The molecule has 0 N–H and O–H groups in total. The van der Waals surface area contributed by atoms with Gasteiger partial charge in [-0.2, -0.15) is 0 Å². The number of esters is 1. The molecule has 0 heterocycles. The number of ether oxygens (including phenoxy) is 1. The standard InChI is InChI=1S/C33H52O2/c1-7-8-9-13-31(34)35-26-18-20-32(5)25(22-26)14-15-27-29-17-16-28(24(4)12-10-11-23(2)3)33(29,6)21-19-30(27)32/h7-9,13-14,23-24,26-30H,10-12,15-22H2,1-6H3/b8-7+,13-9+. The van der Waals surface area contributed by atoms with Gasteiger partial charge in [0, 0.05) is 12.5 Å². The molecule has 8 atom stereocenters. The van der Waals surface area contributed by atoms with Crippen molar-refractivity contribution in [3.05, 3.63) is 36.0 Å². The van der Waals surface area contributed by atoms with Gasteiger partial charge in [-0.3, -0.25) is 0 Å². The molecule has 0 radical (unpaired) electrons. The zero-order valence-electron chi connectivity index (χ0n) is 23.5. The van der Waals surface area contributed by atoms with Crippen molar-refractivity contribution in [2.45, 2.75) is 118 Å². The Balaban J connectivity index is 1.42. The molecule has 3 saturated carbocycles. The highest BCUT2D eigenvalue weighted by Gasteiger charge is 2.59. The van der Waals surface area contributed by atoms with E-state index in [0.29, 0.717) is 10.8 Å². The third-order valence-electron chi connectivity index (χ3n) is 11.1. The fourth-order valence-corrected chi connectivity index (χ4v) is 9.20. The molecule has 4 aliphatic carbocycles. The van der Waals surface area contributed by atoms with Crippen molar-refractivity contribution in [3.63, 3.8) is 0 Å². The number of fused-ring (bicyclic) bond motifs is 5. The van der Waals surface area contributed by atoms with E-state index in [0.717, 1.165) is 48.3 Å². The van der Waals surface area contributed by atoms with Gasteiger partial charge in [0.15, 0.2) is 0 Å². The van der Waals surface area contributed by atoms with E-state index < -0.39 is 0 Å². The lowest BCUT2D eigenvalue weighted by Crippen LogP contribution is -2.51. The van der Waals surface area contributed by atoms with Gasteiger partial charge in [0.2, 0.25) is 0 Å². The van der Waals surface area contributed by atoms with Crippen molar-refractivity contribution in [3.8, 4) is 0 Å². The molecule has 2 nitrogen and oxygen atoms in total. The minimum atomic E-state index is -0.195. The zero-order valence-corrected chi connectivity index (χ0v) is 23.5. The number of hydrogen-bond donors (Lipinski definition) is 0. The van der Waals surface area contributed by atoms with Crippen LogP contribution in [0.4, 0.5) is 0 Å². The summed E-state index contributed by atoms with van der Waals surface area (Å²) in [4.78, 5) is 12.2. The molecule has 4 rings (SSSR count).